The molecule has 9 rings (SSSR count). The lowest BCUT2D eigenvalue weighted by atomic mass is 9.14. The molecule has 0 aromatic rings. The van der Waals surface area contributed by atoms with Gasteiger partial charge in [-0.15, -0.1) is 0 Å². The van der Waals surface area contributed by atoms with Gasteiger partial charge in [-0.25, -0.2) is 0 Å². The Hall–Kier alpha value is 0. The van der Waals surface area contributed by atoms with Crippen LogP contribution in [0.25, 0.3) is 0 Å². The lowest BCUT2D eigenvalue weighted by Gasteiger charge is -2.90. The van der Waals surface area contributed by atoms with Gasteiger partial charge >= 0.3 is 0 Å². The number of hydrogen-bond acceptors (Lipinski definition) is 0. The maximum atomic E-state index is 2.65. The molecule has 9 saturated carbocycles. The first-order valence-corrected chi connectivity index (χ1v) is 7.99. The van der Waals surface area contributed by atoms with Crippen LogP contribution in [0.4, 0.5) is 0 Å². The highest BCUT2D eigenvalue weighted by Gasteiger charge is 2.85. The Morgan fingerprint density at radius 3 is 2.00 bits per heavy atom. The summed E-state index contributed by atoms with van der Waals surface area (Å²) in [5, 5.41) is 0. The summed E-state index contributed by atoms with van der Waals surface area (Å²) in [6.07, 6.45) is 11.4. The van der Waals surface area contributed by atoms with Crippen LogP contribution in [0.2, 0.25) is 0 Å². The summed E-state index contributed by atoms with van der Waals surface area (Å²) in [5.41, 5.74) is 3.37. The Balaban J connectivity index is 1.65. The summed E-state index contributed by atoms with van der Waals surface area (Å²) in [6.45, 7) is 5.28. The van der Waals surface area contributed by atoms with Crippen molar-refractivity contribution in [3.8, 4) is 0 Å². The van der Waals surface area contributed by atoms with E-state index in [1.807, 2.05) is 0 Å². The molecular weight excluding hydrogens is 204 g/mol. The predicted octanol–water partition coefficient (Wildman–Crippen LogP) is 4.25. The fraction of sp³-hybridized carbons (Fsp3) is 1.00. The normalized spacial score (nSPS) is 80.8. The van der Waals surface area contributed by atoms with Gasteiger partial charge in [-0.2, -0.15) is 0 Å². The molecule has 9 fully saturated rings. The standard InChI is InChI=1S/C17H24/c1-14-4-11-10-3-15(2)7-16(11)9-17(8-15,12(10)5-14)13(16)6-14/h10-13H,3-9H2,1-2H3. The van der Waals surface area contributed by atoms with E-state index >= 15 is 0 Å². The molecule has 0 aromatic carbocycles. The fourth-order valence-corrected chi connectivity index (χ4v) is 9.42. The first-order chi connectivity index (χ1) is 7.99. The maximum Gasteiger partial charge on any atom is -0.0222 e. The van der Waals surface area contributed by atoms with Gasteiger partial charge < -0.3 is 0 Å². The molecule has 92 valence electrons. The molecule has 0 aromatic heterocycles. The van der Waals surface area contributed by atoms with Crippen molar-refractivity contribution in [3.05, 3.63) is 0 Å². The summed E-state index contributed by atoms with van der Waals surface area (Å²) < 4.78 is 0. The molecule has 0 nitrogen and oxygen atoms in total. The largest absolute Gasteiger partial charge is 0.0596 e. The van der Waals surface area contributed by atoms with Crippen molar-refractivity contribution in [1.29, 1.82) is 0 Å². The third-order valence-corrected chi connectivity index (χ3v) is 8.92. The summed E-state index contributed by atoms with van der Waals surface area (Å²) >= 11 is 0. The Morgan fingerprint density at radius 1 is 0.706 bits per heavy atom. The summed E-state index contributed by atoms with van der Waals surface area (Å²) in [7, 11) is 0. The quantitative estimate of drug-likeness (QED) is 0.581. The number of hydrogen-bond donors (Lipinski definition) is 0. The molecular formula is C17H24. The van der Waals surface area contributed by atoms with Crippen LogP contribution in [0.1, 0.15) is 58.8 Å². The van der Waals surface area contributed by atoms with Crippen LogP contribution in [0.5, 0.6) is 0 Å². The van der Waals surface area contributed by atoms with Crippen LogP contribution < -0.4 is 0 Å². The second kappa shape index (κ2) is 1.95. The van der Waals surface area contributed by atoms with Crippen LogP contribution in [0, 0.1) is 45.3 Å². The monoisotopic (exact) mass is 228 g/mol. The molecule has 0 amide bonds. The number of rotatable bonds is 0. The van der Waals surface area contributed by atoms with Gasteiger partial charge in [0, 0.05) is 0 Å². The lowest BCUT2D eigenvalue weighted by Crippen LogP contribution is -2.83. The van der Waals surface area contributed by atoms with Crippen LogP contribution in [0.15, 0.2) is 0 Å². The summed E-state index contributed by atoms with van der Waals surface area (Å²) in [6, 6.07) is 0. The van der Waals surface area contributed by atoms with Crippen LogP contribution >= 0.6 is 0 Å². The summed E-state index contributed by atoms with van der Waals surface area (Å²) in [4.78, 5) is 0. The Kier molecular flexibility index (Phi) is 1.03. The second-order valence-corrected chi connectivity index (χ2v) is 9.86. The highest BCUT2D eigenvalue weighted by molar-refractivity contribution is 5.34. The van der Waals surface area contributed by atoms with E-state index in [2.05, 4.69) is 13.8 Å². The van der Waals surface area contributed by atoms with E-state index in [1.54, 1.807) is 44.9 Å². The van der Waals surface area contributed by atoms with E-state index in [1.165, 1.54) is 23.7 Å². The predicted molar refractivity (Wildman–Crippen MR) is 67.4 cm³/mol. The van der Waals surface area contributed by atoms with Gasteiger partial charge in [-0.05, 0) is 90.3 Å². The van der Waals surface area contributed by atoms with E-state index in [4.69, 9.17) is 0 Å². The van der Waals surface area contributed by atoms with Gasteiger partial charge in [0.15, 0.2) is 0 Å². The van der Waals surface area contributed by atoms with Crippen LogP contribution in [0.3, 0.4) is 0 Å². The van der Waals surface area contributed by atoms with Gasteiger partial charge in [0.25, 0.3) is 0 Å². The molecule has 2 spiro atoms. The minimum absolute atomic E-state index is 0.787. The highest BCUT2D eigenvalue weighted by Crippen LogP contribution is 2.93. The molecule has 9 aliphatic carbocycles. The minimum Gasteiger partial charge on any atom is -0.0596 e. The molecule has 8 bridgehead atoms. The average molecular weight is 228 g/mol. The van der Waals surface area contributed by atoms with Crippen molar-refractivity contribution in [2.75, 3.05) is 0 Å². The topological polar surface area (TPSA) is 0 Å². The van der Waals surface area contributed by atoms with Gasteiger partial charge in [0.2, 0.25) is 0 Å². The van der Waals surface area contributed by atoms with E-state index in [0.717, 1.165) is 21.7 Å². The van der Waals surface area contributed by atoms with E-state index in [9.17, 15) is 0 Å². The van der Waals surface area contributed by atoms with E-state index < -0.39 is 0 Å². The molecule has 4 unspecified atom stereocenters. The molecule has 0 heteroatoms. The zero-order valence-electron chi connectivity index (χ0n) is 11.3. The van der Waals surface area contributed by atoms with Crippen LogP contribution in [-0.4, -0.2) is 0 Å². The first-order valence-electron chi connectivity index (χ1n) is 7.99. The van der Waals surface area contributed by atoms with Gasteiger partial charge in [0.05, 0.1) is 0 Å². The Labute approximate surface area is 105 Å². The lowest BCUT2D eigenvalue weighted by molar-refractivity contribution is -0.417. The van der Waals surface area contributed by atoms with Crippen molar-refractivity contribution in [1.82, 2.24) is 0 Å². The highest BCUT2D eigenvalue weighted by atomic mass is 14.9. The van der Waals surface area contributed by atoms with Crippen molar-refractivity contribution in [2.24, 2.45) is 45.3 Å². The molecule has 0 radical (unpaired) electrons. The molecule has 4 atom stereocenters. The van der Waals surface area contributed by atoms with Crippen molar-refractivity contribution in [2.45, 2.75) is 58.8 Å². The van der Waals surface area contributed by atoms with E-state index in [0.29, 0.717) is 0 Å². The molecule has 0 N–H and O–H groups in total. The second-order valence-electron chi connectivity index (χ2n) is 9.86. The van der Waals surface area contributed by atoms with Crippen molar-refractivity contribution >= 4 is 0 Å². The Morgan fingerprint density at radius 2 is 1.35 bits per heavy atom. The van der Waals surface area contributed by atoms with E-state index in [-0.39, 0.29) is 0 Å². The molecule has 0 saturated heterocycles. The summed E-state index contributed by atoms with van der Waals surface area (Å²) in [5.74, 6) is 4.74. The third-order valence-electron chi connectivity index (χ3n) is 8.92. The van der Waals surface area contributed by atoms with Gasteiger partial charge in [0.1, 0.15) is 0 Å². The zero-order valence-corrected chi connectivity index (χ0v) is 11.3. The van der Waals surface area contributed by atoms with Gasteiger partial charge in [-0.1, -0.05) is 13.8 Å². The molecule has 0 heterocycles. The SMILES string of the molecule is CC12CC3C4CC5(C)CC36CC(C5)(C4C1)C6C2. The maximum absolute atomic E-state index is 2.65. The fourth-order valence-electron chi connectivity index (χ4n) is 9.42. The molecule has 17 heavy (non-hydrogen) atoms. The smallest absolute Gasteiger partial charge is 0.0222 e. The van der Waals surface area contributed by atoms with Crippen LogP contribution in [-0.2, 0) is 0 Å². The minimum atomic E-state index is 0.787. The molecule has 0 aliphatic heterocycles. The zero-order chi connectivity index (χ0) is 11.3. The first kappa shape index (κ1) is 8.99. The average Bonchev–Trinajstić information content (AvgIpc) is 2.23. The molecule has 9 aliphatic rings. The van der Waals surface area contributed by atoms with Crippen molar-refractivity contribution < 1.29 is 0 Å². The van der Waals surface area contributed by atoms with Crippen molar-refractivity contribution in [3.63, 3.8) is 0 Å². The third kappa shape index (κ3) is 0.640. The Bertz CT molecular complexity index is 412. The van der Waals surface area contributed by atoms with Gasteiger partial charge in [-0.3, -0.25) is 0 Å².